The number of carbonyl (C=O) groups is 3. The number of carbonyl (C=O) groups excluding carboxylic acids is 3. The van der Waals surface area contributed by atoms with E-state index in [0.717, 1.165) is 19.3 Å². The molecule has 170 valence electrons. The molecule has 2 N–H and O–H groups in total. The summed E-state index contributed by atoms with van der Waals surface area (Å²) in [5.74, 6) is 0.212. The lowest BCUT2D eigenvalue weighted by atomic mass is 9.94. The van der Waals surface area contributed by atoms with Gasteiger partial charge in [-0.25, -0.2) is 0 Å². The zero-order valence-electron chi connectivity index (χ0n) is 18.6. The molecule has 3 rings (SSSR count). The quantitative estimate of drug-likeness (QED) is 0.692. The van der Waals surface area contributed by atoms with Crippen LogP contribution >= 0.6 is 0 Å². The third kappa shape index (κ3) is 5.76. The molecule has 2 aliphatic heterocycles. The molecule has 8 nitrogen and oxygen atoms in total. The van der Waals surface area contributed by atoms with Gasteiger partial charge in [-0.05, 0) is 43.9 Å². The van der Waals surface area contributed by atoms with Crippen molar-refractivity contribution in [3.8, 4) is 5.75 Å². The molecule has 0 radical (unpaired) electrons. The van der Waals surface area contributed by atoms with Crippen molar-refractivity contribution < 1.29 is 23.9 Å². The second-order valence-corrected chi connectivity index (χ2v) is 8.23. The normalized spacial score (nSPS) is 23.0. The molecule has 0 bridgehead atoms. The van der Waals surface area contributed by atoms with Gasteiger partial charge in [-0.1, -0.05) is 13.8 Å². The third-order valence-corrected chi connectivity index (χ3v) is 5.76. The van der Waals surface area contributed by atoms with E-state index in [1.807, 2.05) is 13.8 Å². The number of fused-ring (bicyclic) bond motifs is 2. The van der Waals surface area contributed by atoms with Crippen molar-refractivity contribution in [3.63, 3.8) is 0 Å². The average Bonchev–Trinajstić information content (AvgIpc) is 2.75. The molecule has 2 heterocycles. The Kier molecular flexibility index (Phi) is 7.90. The highest BCUT2D eigenvalue weighted by Gasteiger charge is 2.39. The summed E-state index contributed by atoms with van der Waals surface area (Å²) in [5, 5.41) is 5.72. The van der Waals surface area contributed by atoms with E-state index < -0.39 is 0 Å². The second kappa shape index (κ2) is 10.6. The minimum atomic E-state index is -0.302. The number of nitrogens with one attached hydrogen (secondary N) is 2. The molecule has 8 heteroatoms. The first-order valence-corrected chi connectivity index (χ1v) is 11.2. The number of amides is 3. The van der Waals surface area contributed by atoms with E-state index >= 15 is 0 Å². The Labute approximate surface area is 183 Å². The van der Waals surface area contributed by atoms with E-state index in [2.05, 4.69) is 10.6 Å². The van der Waals surface area contributed by atoms with Crippen molar-refractivity contribution in [1.29, 1.82) is 0 Å². The molecule has 2 aliphatic rings. The standard InChI is InChI=1S/C23H33N3O5/c1-4-6-21(27)25-15-7-10-19-17(12-15)23(29)26(3)18-9-8-16(31-20(18)14-30-19)13-22(28)24-11-5-2/h7,10,12,16,18,20H,4-6,8-9,11,13-14H2,1-3H3,(H,24,28)(H,25,27)/t16-,18-,20-/m0/s1. The lowest BCUT2D eigenvalue weighted by Gasteiger charge is -2.42. The summed E-state index contributed by atoms with van der Waals surface area (Å²) in [6, 6.07) is 4.99. The van der Waals surface area contributed by atoms with Gasteiger partial charge >= 0.3 is 0 Å². The van der Waals surface area contributed by atoms with Crippen LogP contribution in [0.4, 0.5) is 5.69 Å². The minimum Gasteiger partial charge on any atom is -0.490 e. The van der Waals surface area contributed by atoms with Crippen LogP contribution < -0.4 is 15.4 Å². The first-order chi connectivity index (χ1) is 14.9. The molecular formula is C23H33N3O5. The molecular weight excluding hydrogens is 398 g/mol. The third-order valence-electron chi connectivity index (χ3n) is 5.76. The number of hydrogen-bond donors (Lipinski definition) is 2. The monoisotopic (exact) mass is 431 g/mol. The van der Waals surface area contributed by atoms with Gasteiger partial charge in [0.15, 0.2) is 0 Å². The van der Waals surface area contributed by atoms with Crippen LogP contribution in [-0.2, 0) is 14.3 Å². The Balaban J connectivity index is 1.71. The van der Waals surface area contributed by atoms with E-state index in [1.54, 1.807) is 30.1 Å². The van der Waals surface area contributed by atoms with E-state index in [0.29, 0.717) is 49.4 Å². The molecule has 0 aromatic heterocycles. The zero-order chi connectivity index (χ0) is 22.4. The highest BCUT2D eigenvalue weighted by molar-refractivity contribution is 5.99. The lowest BCUT2D eigenvalue weighted by Crippen LogP contribution is -2.54. The van der Waals surface area contributed by atoms with Gasteiger partial charge in [0.2, 0.25) is 11.8 Å². The summed E-state index contributed by atoms with van der Waals surface area (Å²) in [4.78, 5) is 38.9. The van der Waals surface area contributed by atoms with Gasteiger partial charge in [0.25, 0.3) is 5.91 Å². The van der Waals surface area contributed by atoms with E-state index in [-0.39, 0.29) is 36.0 Å². The molecule has 0 spiro atoms. The fraction of sp³-hybridized carbons (Fsp3) is 0.609. The maximum absolute atomic E-state index is 13.2. The smallest absolute Gasteiger partial charge is 0.257 e. The summed E-state index contributed by atoms with van der Waals surface area (Å²) >= 11 is 0. The van der Waals surface area contributed by atoms with Gasteiger partial charge in [0.05, 0.1) is 24.1 Å². The SMILES string of the molecule is CCCNC(=O)C[C@@H]1CC[C@H]2[C@H](COc3ccc(NC(=O)CCC)cc3C(=O)N2C)O1. The van der Waals surface area contributed by atoms with E-state index in [4.69, 9.17) is 9.47 Å². The van der Waals surface area contributed by atoms with Crippen molar-refractivity contribution in [3.05, 3.63) is 23.8 Å². The maximum atomic E-state index is 13.2. The average molecular weight is 432 g/mol. The summed E-state index contributed by atoms with van der Waals surface area (Å²) in [7, 11) is 1.77. The van der Waals surface area contributed by atoms with Crippen molar-refractivity contribution >= 4 is 23.4 Å². The van der Waals surface area contributed by atoms with Crippen LogP contribution in [0.3, 0.4) is 0 Å². The second-order valence-electron chi connectivity index (χ2n) is 8.23. The highest BCUT2D eigenvalue weighted by Crippen LogP contribution is 2.32. The van der Waals surface area contributed by atoms with Gasteiger partial charge in [0, 0.05) is 25.7 Å². The maximum Gasteiger partial charge on any atom is 0.257 e. The minimum absolute atomic E-state index is 0.00973. The fourth-order valence-electron chi connectivity index (χ4n) is 4.10. The van der Waals surface area contributed by atoms with Crippen LogP contribution in [0.5, 0.6) is 5.75 Å². The van der Waals surface area contributed by atoms with Gasteiger partial charge < -0.3 is 25.0 Å². The predicted octanol–water partition coefficient (Wildman–Crippen LogP) is 2.72. The van der Waals surface area contributed by atoms with E-state index in [1.165, 1.54) is 0 Å². The Morgan fingerprint density at radius 3 is 2.71 bits per heavy atom. The fourth-order valence-corrected chi connectivity index (χ4v) is 4.10. The molecule has 0 aliphatic carbocycles. The first kappa shape index (κ1) is 23.1. The molecule has 3 amide bonds. The molecule has 1 saturated heterocycles. The predicted molar refractivity (Wildman–Crippen MR) is 117 cm³/mol. The molecule has 0 saturated carbocycles. The summed E-state index contributed by atoms with van der Waals surface area (Å²) < 4.78 is 12.1. The number of nitrogens with zero attached hydrogens (tertiary/aromatic N) is 1. The number of anilines is 1. The van der Waals surface area contributed by atoms with Gasteiger partial charge in [-0.2, -0.15) is 0 Å². The molecule has 1 aromatic rings. The van der Waals surface area contributed by atoms with E-state index in [9.17, 15) is 14.4 Å². The molecule has 0 unspecified atom stereocenters. The molecule has 3 atom stereocenters. The number of rotatable bonds is 7. The number of ether oxygens (including phenoxy) is 2. The first-order valence-electron chi connectivity index (χ1n) is 11.2. The molecule has 31 heavy (non-hydrogen) atoms. The van der Waals surface area contributed by atoms with Crippen LogP contribution in [0.25, 0.3) is 0 Å². The summed E-state index contributed by atoms with van der Waals surface area (Å²) in [6.45, 7) is 4.91. The Morgan fingerprint density at radius 2 is 1.97 bits per heavy atom. The summed E-state index contributed by atoms with van der Waals surface area (Å²) in [6.07, 6.45) is 3.36. The molecule has 1 aromatic carbocycles. The number of benzene rings is 1. The van der Waals surface area contributed by atoms with Crippen molar-refractivity contribution in [1.82, 2.24) is 10.2 Å². The van der Waals surface area contributed by atoms with Gasteiger partial charge in [0.1, 0.15) is 18.5 Å². The Morgan fingerprint density at radius 1 is 1.16 bits per heavy atom. The van der Waals surface area contributed by atoms with Crippen LogP contribution in [0, 0.1) is 0 Å². The summed E-state index contributed by atoms with van der Waals surface area (Å²) in [5.41, 5.74) is 1.01. The van der Waals surface area contributed by atoms with Gasteiger partial charge in [-0.3, -0.25) is 14.4 Å². The largest absolute Gasteiger partial charge is 0.490 e. The van der Waals surface area contributed by atoms with Crippen molar-refractivity contribution in [2.24, 2.45) is 0 Å². The van der Waals surface area contributed by atoms with Crippen molar-refractivity contribution in [2.75, 3.05) is 25.5 Å². The van der Waals surface area contributed by atoms with Crippen LogP contribution in [-0.4, -0.2) is 61.1 Å². The van der Waals surface area contributed by atoms with Gasteiger partial charge in [-0.15, -0.1) is 0 Å². The lowest BCUT2D eigenvalue weighted by molar-refractivity contribution is -0.134. The number of hydrogen-bond acceptors (Lipinski definition) is 5. The van der Waals surface area contributed by atoms with Crippen molar-refractivity contribution in [2.45, 2.75) is 70.6 Å². The van der Waals surface area contributed by atoms with Crippen LogP contribution in [0.15, 0.2) is 18.2 Å². The Bertz CT molecular complexity index is 812. The highest BCUT2D eigenvalue weighted by atomic mass is 16.5. The van der Waals surface area contributed by atoms with Crippen LogP contribution in [0.2, 0.25) is 0 Å². The Hall–Kier alpha value is -2.61. The molecule has 1 fully saturated rings. The number of likely N-dealkylation sites (N-methyl/N-ethyl adjacent to an activating group) is 1. The topological polar surface area (TPSA) is 97.0 Å². The van der Waals surface area contributed by atoms with Crippen LogP contribution in [0.1, 0.15) is 62.7 Å². The zero-order valence-corrected chi connectivity index (χ0v) is 18.6.